The highest BCUT2D eigenvalue weighted by Crippen LogP contribution is 2.30. The molecule has 4 rings (SSSR count). The largest absolute Gasteiger partial charge is 0.338 e. The number of fused-ring (bicyclic) bond motifs is 1. The van der Waals surface area contributed by atoms with Gasteiger partial charge in [0.25, 0.3) is 11.5 Å². The second-order valence-electron chi connectivity index (χ2n) is 7.56. The summed E-state index contributed by atoms with van der Waals surface area (Å²) >= 11 is 0. The molecule has 0 spiro atoms. The minimum absolute atomic E-state index is 0.0704. The Morgan fingerprint density at radius 3 is 2.54 bits per heavy atom. The number of carbonyl (C=O) groups is 1. The zero-order chi connectivity index (χ0) is 19.7. The van der Waals surface area contributed by atoms with E-state index in [1.807, 2.05) is 54.3 Å². The molecule has 5 nitrogen and oxygen atoms in total. The van der Waals surface area contributed by atoms with Crippen LogP contribution in [0, 0.1) is 12.8 Å². The Bertz CT molecular complexity index is 1070. The van der Waals surface area contributed by atoms with Crippen LogP contribution < -0.4 is 5.56 Å². The van der Waals surface area contributed by atoms with Crippen LogP contribution in [-0.2, 0) is 0 Å². The predicted molar refractivity (Wildman–Crippen MR) is 111 cm³/mol. The van der Waals surface area contributed by atoms with Crippen molar-refractivity contribution in [1.82, 2.24) is 14.5 Å². The van der Waals surface area contributed by atoms with E-state index in [0.29, 0.717) is 28.2 Å². The third kappa shape index (κ3) is 3.57. The van der Waals surface area contributed by atoms with E-state index in [4.69, 9.17) is 0 Å². The lowest BCUT2D eigenvalue weighted by molar-refractivity contribution is 0.0747. The summed E-state index contributed by atoms with van der Waals surface area (Å²) in [5.41, 5.74) is 1.99. The smallest absolute Gasteiger partial charge is 0.265 e. The first kappa shape index (κ1) is 18.4. The highest BCUT2D eigenvalue weighted by molar-refractivity contribution is 5.94. The number of aryl methyl sites for hydroxylation is 1. The molecule has 5 heteroatoms. The van der Waals surface area contributed by atoms with Crippen LogP contribution in [0.1, 0.15) is 42.4 Å². The van der Waals surface area contributed by atoms with Crippen molar-refractivity contribution in [1.29, 1.82) is 0 Å². The van der Waals surface area contributed by atoms with Crippen LogP contribution in [0.25, 0.3) is 16.6 Å². The number of amides is 1. The Balaban J connectivity index is 1.65. The van der Waals surface area contributed by atoms with Crippen molar-refractivity contribution in [2.75, 3.05) is 13.1 Å². The Kier molecular flexibility index (Phi) is 4.99. The van der Waals surface area contributed by atoms with Gasteiger partial charge in [-0.3, -0.25) is 14.2 Å². The molecule has 0 bridgehead atoms. The Morgan fingerprint density at radius 2 is 1.86 bits per heavy atom. The number of benzene rings is 2. The first-order valence-corrected chi connectivity index (χ1v) is 9.96. The predicted octanol–water partition coefficient (Wildman–Crippen LogP) is 3.96. The average molecular weight is 375 g/mol. The number of hydrogen-bond donors (Lipinski definition) is 0. The number of aromatic nitrogens is 2. The molecule has 1 amide bonds. The summed E-state index contributed by atoms with van der Waals surface area (Å²) in [6, 6.07) is 14.6. The van der Waals surface area contributed by atoms with Crippen LogP contribution in [0.4, 0.5) is 0 Å². The summed E-state index contributed by atoms with van der Waals surface area (Å²) in [5.74, 6) is 1.37. The molecule has 3 aromatic rings. The quantitative estimate of drug-likeness (QED) is 0.655. The van der Waals surface area contributed by atoms with Gasteiger partial charge in [0, 0.05) is 18.7 Å². The lowest BCUT2D eigenvalue weighted by Crippen LogP contribution is -2.33. The highest BCUT2D eigenvalue weighted by Gasteiger charge is 2.26. The topological polar surface area (TPSA) is 55.2 Å². The second-order valence-corrected chi connectivity index (χ2v) is 7.56. The maximum atomic E-state index is 12.9. The summed E-state index contributed by atoms with van der Waals surface area (Å²) in [7, 11) is 0. The molecule has 1 fully saturated rings. The van der Waals surface area contributed by atoms with E-state index >= 15 is 0 Å². The Morgan fingerprint density at radius 1 is 1.14 bits per heavy atom. The van der Waals surface area contributed by atoms with Gasteiger partial charge in [-0.05, 0) is 68.5 Å². The second kappa shape index (κ2) is 7.58. The van der Waals surface area contributed by atoms with Gasteiger partial charge < -0.3 is 4.90 Å². The fraction of sp³-hybridized carbons (Fsp3) is 0.348. The normalized spacial score (nSPS) is 13.6. The summed E-state index contributed by atoms with van der Waals surface area (Å²) in [5, 5.41) is 0.590. The molecular formula is C23H25N3O2. The van der Waals surface area contributed by atoms with Crippen molar-refractivity contribution in [3.05, 3.63) is 70.3 Å². The minimum atomic E-state index is -0.0940. The molecule has 0 unspecified atom stereocenters. The number of carbonyl (C=O) groups excluding carboxylic acids is 1. The third-order valence-corrected chi connectivity index (χ3v) is 5.27. The van der Waals surface area contributed by atoms with Gasteiger partial charge in [-0.2, -0.15) is 0 Å². The van der Waals surface area contributed by atoms with Gasteiger partial charge in [0.05, 0.1) is 16.6 Å². The van der Waals surface area contributed by atoms with E-state index in [0.717, 1.165) is 25.2 Å². The minimum Gasteiger partial charge on any atom is -0.338 e. The molecule has 0 N–H and O–H groups in total. The van der Waals surface area contributed by atoms with Crippen molar-refractivity contribution in [2.24, 2.45) is 5.92 Å². The van der Waals surface area contributed by atoms with Crippen LogP contribution in [0.3, 0.4) is 0 Å². The third-order valence-electron chi connectivity index (χ3n) is 5.27. The molecule has 1 aromatic heterocycles. The molecule has 0 saturated heterocycles. The Labute approximate surface area is 164 Å². The van der Waals surface area contributed by atoms with Crippen molar-refractivity contribution in [3.8, 4) is 5.69 Å². The summed E-state index contributed by atoms with van der Waals surface area (Å²) in [4.78, 5) is 32.3. The zero-order valence-corrected chi connectivity index (χ0v) is 16.4. The van der Waals surface area contributed by atoms with Crippen molar-refractivity contribution in [3.63, 3.8) is 0 Å². The number of para-hydroxylation sites is 1. The lowest BCUT2D eigenvalue weighted by atomic mass is 10.1. The van der Waals surface area contributed by atoms with Gasteiger partial charge in [0.2, 0.25) is 0 Å². The summed E-state index contributed by atoms with van der Waals surface area (Å²) < 4.78 is 1.60. The maximum absolute atomic E-state index is 12.9. The van der Waals surface area contributed by atoms with Crippen LogP contribution in [0.2, 0.25) is 0 Å². The first-order valence-electron chi connectivity index (χ1n) is 9.96. The van der Waals surface area contributed by atoms with Gasteiger partial charge in [0.15, 0.2) is 0 Å². The van der Waals surface area contributed by atoms with E-state index < -0.39 is 0 Å². The molecule has 144 valence electrons. The molecule has 1 aliphatic rings. The highest BCUT2D eigenvalue weighted by atomic mass is 16.2. The van der Waals surface area contributed by atoms with Gasteiger partial charge in [-0.15, -0.1) is 0 Å². The van der Waals surface area contributed by atoms with Crippen LogP contribution in [0.5, 0.6) is 0 Å². The number of hydrogen-bond acceptors (Lipinski definition) is 3. The van der Waals surface area contributed by atoms with Gasteiger partial charge >= 0.3 is 0 Å². The molecule has 1 heterocycles. The summed E-state index contributed by atoms with van der Waals surface area (Å²) in [6.45, 7) is 5.55. The molecule has 1 saturated carbocycles. The fourth-order valence-electron chi connectivity index (χ4n) is 3.64. The van der Waals surface area contributed by atoms with Gasteiger partial charge in [-0.25, -0.2) is 4.98 Å². The first-order chi connectivity index (χ1) is 13.6. The lowest BCUT2D eigenvalue weighted by Gasteiger charge is -2.22. The molecule has 0 radical (unpaired) electrons. The molecule has 2 aromatic carbocycles. The van der Waals surface area contributed by atoms with E-state index in [1.54, 1.807) is 10.6 Å². The molecule has 28 heavy (non-hydrogen) atoms. The SMILES string of the molecule is CCCN(CC1CC1)C(=O)c1ccc(-n2c(C)nc3ccccc3c2=O)cc1. The van der Waals surface area contributed by atoms with E-state index in [9.17, 15) is 9.59 Å². The van der Waals surface area contributed by atoms with Crippen molar-refractivity contribution in [2.45, 2.75) is 33.1 Å². The van der Waals surface area contributed by atoms with E-state index in [-0.39, 0.29) is 11.5 Å². The number of rotatable bonds is 6. The molecular weight excluding hydrogens is 350 g/mol. The molecule has 0 atom stereocenters. The number of nitrogens with zero attached hydrogens (tertiary/aromatic N) is 3. The van der Waals surface area contributed by atoms with Crippen molar-refractivity contribution < 1.29 is 4.79 Å². The summed E-state index contributed by atoms with van der Waals surface area (Å²) in [6.07, 6.45) is 3.40. The molecule has 1 aliphatic carbocycles. The maximum Gasteiger partial charge on any atom is 0.265 e. The van der Waals surface area contributed by atoms with Gasteiger partial charge in [-0.1, -0.05) is 19.1 Å². The zero-order valence-electron chi connectivity index (χ0n) is 16.4. The van der Waals surface area contributed by atoms with E-state index in [1.165, 1.54) is 12.8 Å². The van der Waals surface area contributed by atoms with Crippen molar-refractivity contribution >= 4 is 16.8 Å². The van der Waals surface area contributed by atoms with Crippen LogP contribution >= 0.6 is 0 Å². The van der Waals surface area contributed by atoms with Crippen LogP contribution in [0.15, 0.2) is 53.3 Å². The van der Waals surface area contributed by atoms with Gasteiger partial charge in [0.1, 0.15) is 5.82 Å². The monoisotopic (exact) mass is 375 g/mol. The Hall–Kier alpha value is -2.95. The average Bonchev–Trinajstić information content (AvgIpc) is 3.52. The molecule has 0 aliphatic heterocycles. The van der Waals surface area contributed by atoms with Crippen LogP contribution in [-0.4, -0.2) is 33.4 Å². The van der Waals surface area contributed by atoms with E-state index in [2.05, 4.69) is 11.9 Å². The fourth-order valence-corrected chi connectivity index (χ4v) is 3.64. The standard InChI is InChI=1S/C23H25N3O2/c1-3-14-25(15-17-8-9-17)22(27)18-10-12-19(13-11-18)26-16(2)24-21-7-5-4-6-20(21)23(26)28/h4-7,10-13,17H,3,8-9,14-15H2,1-2H3.